The van der Waals surface area contributed by atoms with Crippen molar-refractivity contribution in [3.05, 3.63) is 65.9 Å². The quantitative estimate of drug-likeness (QED) is 0.783. The summed E-state index contributed by atoms with van der Waals surface area (Å²) in [5.74, 6) is 0.102. The van der Waals surface area contributed by atoms with Crippen molar-refractivity contribution in [2.45, 2.75) is 12.5 Å². The van der Waals surface area contributed by atoms with Crippen molar-refractivity contribution in [3.8, 4) is 0 Å². The Balaban J connectivity index is 1.87. The van der Waals surface area contributed by atoms with Gasteiger partial charge in [0.1, 0.15) is 23.3 Å². The van der Waals surface area contributed by atoms with Crippen LogP contribution in [0.4, 0.5) is 4.39 Å². The molecule has 3 nitrogen and oxygen atoms in total. The molecular weight excluding hydrogens is 245 g/mol. The van der Waals surface area contributed by atoms with E-state index in [4.69, 9.17) is 4.42 Å². The number of nitrogens with zero attached hydrogens (tertiary/aromatic N) is 1. The third kappa shape index (κ3) is 2.48. The molecule has 4 heteroatoms. The smallest absolute Gasteiger partial charge is 0.134 e. The predicted octanol–water partition coefficient (Wildman–Crippen LogP) is 3.24. The summed E-state index contributed by atoms with van der Waals surface area (Å²) in [5.41, 5.74) is 1.35. The molecule has 0 saturated carbocycles. The van der Waals surface area contributed by atoms with Crippen LogP contribution in [-0.2, 0) is 6.42 Å². The molecule has 3 rings (SSSR count). The first-order chi connectivity index (χ1) is 9.22. The van der Waals surface area contributed by atoms with Crippen molar-refractivity contribution in [2.24, 2.45) is 0 Å². The number of benzene rings is 1. The van der Waals surface area contributed by atoms with Gasteiger partial charge in [0.25, 0.3) is 0 Å². The first-order valence-electron chi connectivity index (χ1n) is 5.99. The van der Waals surface area contributed by atoms with Gasteiger partial charge in [-0.25, -0.2) is 4.39 Å². The number of hydrogen-bond donors (Lipinski definition) is 1. The van der Waals surface area contributed by atoms with E-state index in [-0.39, 0.29) is 5.82 Å². The lowest BCUT2D eigenvalue weighted by Gasteiger charge is -2.06. The Bertz CT molecular complexity index is 694. The predicted molar refractivity (Wildman–Crippen MR) is 69.1 cm³/mol. The Morgan fingerprint density at radius 1 is 1.21 bits per heavy atom. The molecule has 0 aliphatic heterocycles. The van der Waals surface area contributed by atoms with Crippen LogP contribution in [0.5, 0.6) is 0 Å². The molecule has 1 unspecified atom stereocenters. The monoisotopic (exact) mass is 257 g/mol. The first kappa shape index (κ1) is 11.9. The molecular formula is C15H12FNO2. The molecule has 2 heterocycles. The van der Waals surface area contributed by atoms with Gasteiger partial charge < -0.3 is 9.52 Å². The fourth-order valence-electron chi connectivity index (χ4n) is 2.02. The zero-order valence-corrected chi connectivity index (χ0v) is 10.1. The summed E-state index contributed by atoms with van der Waals surface area (Å²) in [5, 5.41) is 10.8. The highest BCUT2D eigenvalue weighted by atomic mass is 19.1. The lowest BCUT2D eigenvalue weighted by Crippen LogP contribution is -2.01. The average molecular weight is 257 g/mol. The molecule has 0 saturated heterocycles. The molecule has 0 radical (unpaired) electrons. The Morgan fingerprint density at radius 2 is 2.11 bits per heavy atom. The van der Waals surface area contributed by atoms with Gasteiger partial charge in [0.15, 0.2) is 0 Å². The van der Waals surface area contributed by atoms with E-state index < -0.39 is 6.10 Å². The third-order valence-corrected chi connectivity index (χ3v) is 2.95. The third-order valence-electron chi connectivity index (χ3n) is 2.95. The number of fused-ring (bicyclic) bond motifs is 1. The molecule has 0 amide bonds. The fourth-order valence-corrected chi connectivity index (χ4v) is 2.02. The molecule has 96 valence electrons. The Hall–Kier alpha value is -2.20. The van der Waals surface area contributed by atoms with Gasteiger partial charge in [-0.2, -0.15) is 0 Å². The van der Waals surface area contributed by atoms with Gasteiger partial charge in [0.05, 0.1) is 0 Å². The van der Waals surface area contributed by atoms with Gasteiger partial charge in [0.2, 0.25) is 0 Å². The molecule has 1 N–H and O–H groups in total. The highest BCUT2D eigenvalue weighted by molar-refractivity contribution is 5.77. The first-order valence-corrected chi connectivity index (χ1v) is 5.99. The Kier molecular flexibility index (Phi) is 3.01. The van der Waals surface area contributed by atoms with Crippen molar-refractivity contribution < 1.29 is 13.9 Å². The van der Waals surface area contributed by atoms with Crippen LogP contribution in [0, 0.1) is 5.82 Å². The second-order valence-corrected chi connectivity index (χ2v) is 4.37. The maximum Gasteiger partial charge on any atom is 0.134 e. The van der Waals surface area contributed by atoms with E-state index in [1.54, 1.807) is 18.3 Å². The van der Waals surface area contributed by atoms with E-state index in [2.05, 4.69) is 4.98 Å². The van der Waals surface area contributed by atoms with E-state index in [1.807, 2.05) is 18.2 Å². The molecule has 0 bridgehead atoms. The summed E-state index contributed by atoms with van der Waals surface area (Å²) in [7, 11) is 0. The number of aliphatic hydroxyl groups is 1. The second-order valence-electron chi connectivity index (χ2n) is 4.37. The van der Waals surface area contributed by atoms with Gasteiger partial charge >= 0.3 is 0 Å². The van der Waals surface area contributed by atoms with E-state index in [9.17, 15) is 9.50 Å². The molecule has 0 aliphatic carbocycles. The molecule has 3 aromatic rings. The number of hydrogen-bond acceptors (Lipinski definition) is 3. The van der Waals surface area contributed by atoms with Crippen molar-refractivity contribution in [1.29, 1.82) is 0 Å². The maximum atomic E-state index is 13.1. The molecule has 1 aromatic carbocycles. The summed E-state index contributed by atoms with van der Waals surface area (Å²) in [4.78, 5) is 4.15. The van der Waals surface area contributed by atoms with Crippen LogP contribution in [0.1, 0.15) is 17.6 Å². The second kappa shape index (κ2) is 4.82. The highest BCUT2D eigenvalue weighted by Gasteiger charge is 2.14. The van der Waals surface area contributed by atoms with Gasteiger partial charge in [-0.15, -0.1) is 0 Å². The molecule has 0 fully saturated rings. The van der Waals surface area contributed by atoms with E-state index in [0.717, 1.165) is 5.69 Å². The largest absolute Gasteiger partial charge is 0.458 e. The summed E-state index contributed by atoms with van der Waals surface area (Å²) in [6.45, 7) is 0. The minimum absolute atomic E-state index is 0.320. The summed E-state index contributed by atoms with van der Waals surface area (Å²) in [6.07, 6.45) is 1.25. The summed E-state index contributed by atoms with van der Waals surface area (Å²) in [6, 6.07) is 11.5. The van der Waals surface area contributed by atoms with Crippen LogP contribution < -0.4 is 0 Å². The van der Waals surface area contributed by atoms with Crippen molar-refractivity contribution >= 4 is 11.0 Å². The van der Waals surface area contributed by atoms with Gasteiger partial charge in [0, 0.05) is 23.7 Å². The molecule has 0 spiro atoms. The maximum absolute atomic E-state index is 13.1. The number of furan rings is 1. The van der Waals surface area contributed by atoms with Gasteiger partial charge in [-0.3, -0.25) is 4.98 Å². The van der Waals surface area contributed by atoms with Gasteiger partial charge in [-0.05, 0) is 36.4 Å². The lowest BCUT2D eigenvalue weighted by molar-refractivity contribution is 0.151. The van der Waals surface area contributed by atoms with Crippen LogP contribution >= 0.6 is 0 Å². The number of pyridine rings is 1. The topological polar surface area (TPSA) is 46.3 Å². The summed E-state index contributed by atoms with van der Waals surface area (Å²) >= 11 is 0. The standard InChI is InChI=1S/C15H12FNO2/c16-11-4-5-14-10(7-11)8-15(19-14)13(18)9-12-3-1-2-6-17-12/h1-8,13,18H,9H2. The molecule has 19 heavy (non-hydrogen) atoms. The minimum Gasteiger partial charge on any atom is -0.458 e. The minimum atomic E-state index is -0.787. The Labute approximate surface area is 109 Å². The number of rotatable bonds is 3. The molecule has 2 aromatic heterocycles. The van der Waals surface area contributed by atoms with Crippen molar-refractivity contribution in [3.63, 3.8) is 0 Å². The number of aromatic nitrogens is 1. The zero-order chi connectivity index (χ0) is 13.2. The number of halogens is 1. The highest BCUT2D eigenvalue weighted by Crippen LogP contribution is 2.26. The van der Waals surface area contributed by atoms with Gasteiger partial charge in [-0.1, -0.05) is 6.07 Å². The average Bonchev–Trinajstić information content (AvgIpc) is 2.83. The van der Waals surface area contributed by atoms with Crippen LogP contribution in [0.25, 0.3) is 11.0 Å². The SMILES string of the molecule is OC(Cc1ccccn1)c1cc2cc(F)ccc2o1. The van der Waals surface area contributed by atoms with Crippen LogP contribution in [0.15, 0.2) is 53.1 Å². The number of aliphatic hydroxyl groups excluding tert-OH is 1. The van der Waals surface area contributed by atoms with Crippen molar-refractivity contribution in [1.82, 2.24) is 4.98 Å². The van der Waals surface area contributed by atoms with Crippen LogP contribution in [0.3, 0.4) is 0 Å². The van der Waals surface area contributed by atoms with E-state index in [0.29, 0.717) is 23.2 Å². The van der Waals surface area contributed by atoms with Crippen molar-refractivity contribution in [2.75, 3.05) is 0 Å². The Morgan fingerprint density at radius 3 is 2.89 bits per heavy atom. The summed E-state index contributed by atoms with van der Waals surface area (Å²) < 4.78 is 18.6. The molecule has 0 aliphatic rings. The zero-order valence-electron chi connectivity index (χ0n) is 10.1. The lowest BCUT2D eigenvalue weighted by atomic mass is 10.1. The normalized spacial score (nSPS) is 12.7. The van der Waals surface area contributed by atoms with E-state index >= 15 is 0 Å². The van der Waals surface area contributed by atoms with E-state index in [1.165, 1.54) is 12.1 Å². The van der Waals surface area contributed by atoms with Crippen LogP contribution in [0.2, 0.25) is 0 Å². The molecule has 1 atom stereocenters. The van der Waals surface area contributed by atoms with Crippen LogP contribution in [-0.4, -0.2) is 10.1 Å². The fraction of sp³-hybridized carbons (Fsp3) is 0.133.